The van der Waals surface area contributed by atoms with Crippen molar-refractivity contribution < 1.29 is 39.8 Å². The summed E-state index contributed by atoms with van der Waals surface area (Å²) in [6.45, 7) is 2.81. The Labute approximate surface area is 304 Å². The fourth-order valence-electron chi connectivity index (χ4n) is 6.28. The first-order valence-corrected chi connectivity index (χ1v) is 20.2. The third-order valence-corrected chi connectivity index (χ3v) is 9.48. The van der Waals surface area contributed by atoms with E-state index in [1.807, 2.05) is 6.08 Å². The number of unbranched alkanes of at least 4 members (excludes halogenated alkanes) is 20. The van der Waals surface area contributed by atoms with Gasteiger partial charge in [-0.2, -0.15) is 0 Å². The predicted molar refractivity (Wildman–Crippen MR) is 203 cm³/mol. The van der Waals surface area contributed by atoms with E-state index in [0.29, 0.717) is 0 Å². The molecular weight excluding hydrogens is 634 g/mol. The summed E-state index contributed by atoms with van der Waals surface area (Å²) in [6.07, 6.45) is 34.3. The van der Waals surface area contributed by atoms with Gasteiger partial charge in [-0.25, -0.2) is 0 Å². The number of hydrogen-bond donors (Lipinski definition) is 6. The molecule has 0 bridgehead atoms. The van der Waals surface area contributed by atoms with Gasteiger partial charge in [-0.1, -0.05) is 153 Å². The molecule has 1 aliphatic rings. The molecule has 1 aliphatic heterocycles. The monoisotopic (exact) mass is 710 g/mol. The fourth-order valence-corrected chi connectivity index (χ4v) is 6.28. The Morgan fingerprint density at radius 2 is 1.10 bits per heavy atom. The number of ether oxygens (including phenoxy) is 2. The number of carbonyl (C=O) groups is 1. The molecule has 7 atom stereocenters. The van der Waals surface area contributed by atoms with Gasteiger partial charge < -0.3 is 40.3 Å². The second kappa shape index (κ2) is 32.1. The molecule has 6 N–H and O–H groups in total. The molecule has 0 radical (unpaired) electrons. The molecule has 1 heterocycles. The van der Waals surface area contributed by atoms with Crippen molar-refractivity contribution in [3.8, 4) is 0 Å². The second-order valence-electron chi connectivity index (χ2n) is 14.2. The first-order valence-electron chi connectivity index (χ1n) is 20.2. The van der Waals surface area contributed by atoms with E-state index < -0.39 is 49.5 Å². The number of allylic oxidation sites excluding steroid dienone is 5. The van der Waals surface area contributed by atoms with E-state index in [9.17, 15) is 30.3 Å². The number of nitrogens with one attached hydrogen (secondary N) is 1. The van der Waals surface area contributed by atoms with E-state index in [0.717, 1.165) is 25.7 Å². The van der Waals surface area contributed by atoms with Crippen LogP contribution in [0.15, 0.2) is 36.5 Å². The van der Waals surface area contributed by atoms with Crippen LogP contribution in [0.3, 0.4) is 0 Å². The van der Waals surface area contributed by atoms with Gasteiger partial charge in [0.15, 0.2) is 6.29 Å². The molecule has 292 valence electrons. The van der Waals surface area contributed by atoms with Crippen molar-refractivity contribution in [2.45, 2.75) is 204 Å². The van der Waals surface area contributed by atoms with Crippen LogP contribution in [-0.4, -0.2) is 87.5 Å². The van der Waals surface area contributed by atoms with Gasteiger partial charge in [0, 0.05) is 6.92 Å². The van der Waals surface area contributed by atoms with E-state index >= 15 is 0 Å². The molecule has 1 fully saturated rings. The molecule has 1 amide bonds. The van der Waals surface area contributed by atoms with E-state index in [1.165, 1.54) is 129 Å². The van der Waals surface area contributed by atoms with Crippen LogP contribution in [-0.2, 0) is 14.3 Å². The Morgan fingerprint density at radius 3 is 1.56 bits per heavy atom. The zero-order chi connectivity index (χ0) is 36.7. The summed E-state index contributed by atoms with van der Waals surface area (Å²) >= 11 is 0. The summed E-state index contributed by atoms with van der Waals surface area (Å²) in [5.74, 6) is -0.368. The van der Waals surface area contributed by atoms with Gasteiger partial charge in [-0.15, -0.1) is 0 Å². The van der Waals surface area contributed by atoms with Crippen molar-refractivity contribution in [3.63, 3.8) is 0 Å². The summed E-state index contributed by atoms with van der Waals surface area (Å²) in [4.78, 5) is 11.7. The van der Waals surface area contributed by atoms with Crippen molar-refractivity contribution in [3.05, 3.63) is 36.5 Å². The van der Waals surface area contributed by atoms with Crippen LogP contribution in [0.4, 0.5) is 0 Å². The van der Waals surface area contributed by atoms with Gasteiger partial charge in [0.2, 0.25) is 5.91 Å². The molecule has 0 aromatic heterocycles. The fraction of sp³-hybridized carbons (Fsp3) is 0.829. The summed E-state index contributed by atoms with van der Waals surface area (Å²) in [6, 6.07) is -0.827. The molecule has 0 aromatic rings. The predicted octanol–water partition coefficient (Wildman–Crippen LogP) is 7.33. The van der Waals surface area contributed by atoms with Crippen LogP contribution in [0.25, 0.3) is 0 Å². The highest BCUT2D eigenvalue weighted by molar-refractivity contribution is 5.73. The Balaban J connectivity index is 2.02. The molecule has 7 unspecified atom stereocenters. The van der Waals surface area contributed by atoms with Gasteiger partial charge in [0.1, 0.15) is 24.4 Å². The second-order valence-corrected chi connectivity index (χ2v) is 14.2. The van der Waals surface area contributed by atoms with E-state index in [1.54, 1.807) is 6.08 Å². The van der Waals surface area contributed by atoms with Gasteiger partial charge in [-0.05, 0) is 38.5 Å². The van der Waals surface area contributed by atoms with Crippen LogP contribution < -0.4 is 5.32 Å². The van der Waals surface area contributed by atoms with Crippen molar-refractivity contribution >= 4 is 5.91 Å². The number of aliphatic hydroxyl groups excluding tert-OH is 5. The van der Waals surface area contributed by atoms with Crippen LogP contribution in [0.5, 0.6) is 0 Å². The van der Waals surface area contributed by atoms with E-state index in [4.69, 9.17) is 9.47 Å². The largest absolute Gasteiger partial charge is 0.394 e. The van der Waals surface area contributed by atoms with Crippen LogP contribution in [0, 0.1) is 0 Å². The summed E-state index contributed by atoms with van der Waals surface area (Å²) in [5.41, 5.74) is 0. The Hall–Kier alpha value is -1.59. The van der Waals surface area contributed by atoms with Crippen molar-refractivity contribution in [1.82, 2.24) is 5.32 Å². The molecule has 1 saturated heterocycles. The topological polar surface area (TPSA) is 149 Å². The van der Waals surface area contributed by atoms with Gasteiger partial charge in [0.05, 0.1) is 25.4 Å². The summed E-state index contributed by atoms with van der Waals surface area (Å²) < 4.78 is 10.8. The molecule has 0 spiro atoms. The maximum absolute atomic E-state index is 11.7. The molecule has 9 nitrogen and oxygen atoms in total. The smallest absolute Gasteiger partial charge is 0.217 e. The van der Waals surface area contributed by atoms with Crippen LogP contribution >= 0.6 is 0 Å². The molecule has 1 rings (SSSR count). The molecule has 50 heavy (non-hydrogen) atoms. The minimum absolute atomic E-state index is 0.221. The SMILES string of the molecule is CCCCCCCCCCCCCCCCCCCC/C=C/CC/C=C/CC/C=C/C(O)C(COC1OC(CO)C(O)C(O)C1O)NC(C)=O. The highest BCUT2D eigenvalue weighted by atomic mass is 16.7. The Kier molecular flexibility index (Phi) is 29.8. The molecule has 0 saturated carbocycles. The Morgan fingerprint density at radius 1 is 0.660 bits per heavy atom. The van der Waals surface area contributed by atoms with Gasteiger partial charge in [0.25, 0.3) is 0 Å². The average Bonchev–Trinajstić information content (AvgIpc) is 3.10. The summed E-state index contributed by atoms with van der Waals surface area (Å²) in [5, 5.41) is 52.6. The normalized spacial score (nSPS) is 22.6. The first-order chi connectivity index (χ1) is 24.3. The molecule has 9 heteroatoms. The number of carbonyl (C=O) groups excluding carboxylic acids is 1. The summed E-state index contributed by atoms with van der Waals surface area (Å²) in [7, 11) is 0. The third-order valence-electron chi connectivity index (χ3n) is 9.48. The molecule has 0 aromatic carbocycles. The zero-order valence-electron chi connectivity index (χ0n) is 31.6. The average molecular weight is 710 g/mol. The molecular formula is C41H75NO8. The lowest BCUT2D eigenvalue weighted by molar-refractivity contribution is -0.302. The van der Waals surface area contributed by atoms with E-state index in [-0.39, 0.29) is 12.5 Å². The number of rotatable bonds is 32. The van der Waals surface area contributed by atoms with Crippen LogP contribution in [0.2, 0.25) is 0 Å². The maximum atomic E-state index is 11.7. The maximum Gasteiger partial charge on any atom is 0.217 e. The highest BCUT2D eigenvalue weighted by Crippen LogP contribution is 2.22. The number of amides is 1. The van der Waals surface area contributed by atoms with Gasteiger partial charge in [-0.3, -0.25) is 4.79 Å². The first kappa shape index (κ1) is 46.4. The lowest BCUT2D eigenvalue weighted by Crippen LogP contribution is -2.60. The lowest BCUT2D eigenvalue weighted by Gasteiger charge is -2.40. The highest BCUT2D eigenvalue weighted by Gasteiger charge is 2.44. The number of aliphatic hydroxyl groups is 5. The zero-order valence-corrected chi connectivity index (χ0v) is 31.6. The number of hydrogen-bond acceptors (Lipinski definition) is 8. The van der Waals surface area contributed by atoms with Crippen molar-refractivity contribution in [1.29, 1.82) is 0 Å². The van der Waals surface area contributed by atoms with Crippen molar-refractivity contribution in [2.24, 2.45) is 0 Å². The minimum Gasteiger partial charge on any atom is -0.394 e. The standard InChI is InChI=1S/C41H75NO8/c1-3-4-5-6-7-8-9-10-11-12-13-14-15-16-17-18-19-20-21-22-23-24-25-26-27-28-29-30-31-36(45)35(42-34(2)44)33-49-41-40(48)39(47)38(46)37(32-43)50-41/h22-23,26-27,30-31,35-41,43,45-48H,3-21,24-25,28-29,32-33H2,1-2H3,(H,42,44)/b23-22+,27-26+,31-30+. The minimum atomic E-state index is -1.57. The molecule has 0 aliphatic carbocycles. The quantitative estimate of drug-likeness (QED) is 0.0314. The Bertz CT molecular complexity index is 879. The lowest BCUT2D eigenvalue weighted by atomic mass is 9.99. The van der Waals surface area contributed by atoms with E-state index in [2.05, 4.69) is 36.5 Å². The third kappa shape index (κ3) is 23.8. The van der Waals surface area contributed by atoms with Gasteiger partial charge >= 0.3 is 0 Å². The van der Waals surface area contributed by atoms with Crippen molar-refractivity contribution in [2.75, 3.05) is 13.2 Å². The van der Waals surface area contributed by atoms with Crippen LogP contribution in [0.1, 0.15) is 162 Å².